The Balaban J connectivity index is 2.56. The van der Waals surface area contributed by atoms with Gasteiger partial charge in [-0.05, 0) is 22.9 Å². The number of hydrogen-bond donors (Lipinski definition) is 0. The summed E-state index contributed by atoms with van der Waals surface area (Å²) in [4.78, 5) is 12.1. The Morgan fingerprint density at radius 3 is 2.50 bits per heavy atom. The topological polar surface area (TPSA) is 20.3 Å². The van der Waals surface area contributed by atoms with Gasteiger partial charge in [0.05, 0.1) is 0 Å². The standard InChI is InChI=1S/C12H11NO/c1-13(9-14)12-7-6-10-4-2-3-5-11(10)8-12/h2-9H,1H3. The lowest BCUT2D eigenvalue weighted by atomic mass is 10.1. The van der Waals surface area contributed by atoms with Crippen LogP contribution in [0.4, 0.5) is 5.69 Å². The molecule has 1 amide bonds. The van der Waals surface area contributed by atoms with Crippen molar-refractivity contribution in [2.24, 2.45) is 0 Å². The Kier molecular flexibility index (Phi) is 2.19. The third kappa shape index (κ3) is 1.46. The number of amides is 1. The van der Waals surface area contributed by atoms with E-state index in [1.165, 1.54) is 5.39 Å². The summed E-state index contributed by atoms with van der Waals surface area (Å²) in [6, 6.07) is 14.1. The Hall–Kier alpha value is -1.83. The van der Waals surface area contributed by atoms with E-state index in [1.54, 1.807) is 11.9 Å². The summed E-state index contributed by atoms with van der Waals surface area (Å²) in [7, 11) is 1.75. The molecule has 2 aromatic rings. The first-order chi connectivity index (χ1) is 6.81. The second-order valence-electron chi connectivity index (χ2n) is 3.25. The molecular formula is C12H11NO. The number of nitrogens with zero attached hydrogens (tertiary/aromatic N) is 1. The summed E-state index contributed by atoms with van der Waals surface area (Å²) in [5.41, 5.74) is 0.915. The lowest BCUT2D eigenvalue weighted by Crippen LogP contribution is -2.13. The molecule has 0 fully saturated rings. The van der Waals surface area contributed by atoms with Gasteiger partial charge in [0, 0.05) is 12.7 Å². The van der Waals surface area contributed by atoms with Gasteiger partial charge in [0.1, 0.15) is 0 Å². The predicted octanol–water partition coefficient (Wildman–Crippen LogP) is 2.43. The molecule has 2 aromatic carbocycles. The third-order valence-electron chi connectivity index (χ3n) is 2.30. The number of fused-ring (bicyclic) bond motifs is 1. The molecule has 0 bridgehead atoms. The number of hydrogen-bond acceptors (Lipinski definition) is 1. The van der Waals surface area contributed by atoms with Crippen LogP contribution in [0.1, 0.15) is 0 Å². The molecule has 0 spiro atoms. The van der Waals surface area contributed by atoms with Crippen LogP contribution < -0.4 is 4.90 Å². The van der Waals surface area contributed by atoms with Crippen molar-refractivity contribution < 1.29 is 4.79 Å². The van der Waals surface area contributed by atoms with Gasteiger partial charge in [-0.2, -0.15) is 0 Å². The van der Waals surface area contributed by atoms with E-state index < -0.39 is 0 Å². The van der Waals surface area contributed by atoms with Crippen LogP contribution in [0.25, 0.3) is 10.8 Å². The summed E-state index contributed by atoms with van der Waals surface area (Å²) in [5.74, 6) is 0. The van der Waals surface area contributed by atoms with Crippen molar-refractivity contribution >= 4 is 22.9 Å². The van der Waals surface area contributed by atoms with Gasteiger partial charge in [0.15, 0.2) is 0 Å². The zero-order valence-electron chi connectivity index (χ0n) is 7.97. The molecule has 2 heteroatoms. The van der Waals surface area contributed by atoms with E-state index in [4.69, 9.17) is 0 Å². The van der Waals surface area contributed by atoms with E-state index in [2.05, 4.69) is 6.07 Å². The molecule has 14 heavy (non-hydrogen) atoms. The molecule has 0 N–H and O–H groups in total. The van der Waals surface area contributed by atoms with Crippen LogP contribution in [-0.2, 0) is 4.79 Å². The zero-order chi connectivity index (χ0) is 9.97. The normalized spacial score (nSPS) is 10.1. The molecule has 0 aromatic heterocycles. The number of carbonyl (C=O) groups is 1. The fourth-order valence-electron chi connectivity index (χ4n) is 1.46. The summed E-state index contributed by atoms with van der Waals surface area (Å²) >= 11 is 0. The van der Waals surface area contributed by atoms with Crippen LogP contribution in [0.5, 0.6) is 0 Å². The van der Waals surface area contributed by atoms with Crippen molar-refractivity contribution in [2.75, 3.05) is 11.9 Å². The minimum absolute atomic E-state index is 0.810. The Morgan fingerprint density at radius 2 is 1.79 bits per heavy atom. The van der Waals surface area contributed by atoms with Crippen molar-refractivity contribution in [3.05, 3.63) is 42.5 Å². The van der Waals surface area contributed by atoms with E-state index in [0.29, 0.717) is 0 Å². The van der Waals surface area contributed by atoms with Crippen molar-refractivity contribution in [1.29, 1.82) is 0 Å². The van der Waals surface area contributed by atoms with E-state index in [-0.39, 0.29) is 0 Å². The van der Waals surface area contributed by atoms with Crippen molar-refractivity contribution in [3.8, 4) is 0 Å². The van der Waals surface area contributed by atoms with Gasteiger partial charge in [-0.3, -0.25) is 4.79 Å². The van der Waals surface area contributed by atoms with Crippen LogP contribution in [0.15, 0.2) is 42.5 Å². The number of carbonyl (C=O) groups excluding carboxylic acids is 1. The first-order valence-corrected chi connectivity index (χ1v) is 4.48. The first-order valence-electron chi connectivity index (χ1n) is 4.48. The lowest BCUT2D eigenvalue weighted by molar-refractivity contribution is -0.107. The monoisotopic (exact) mass is 185 g/mol. The second kappa shape index (κ2) is 3.50. The van der Waals surface area contributed by atoms with Gasteiger partial charge >= 0.3 is 0 Å². The Morgan fingerprint density at radius 1 is 1.07 bits per heavy atom. The van der Waals surface area contributed by atoms with Gasteiger partial charge in [0.25, 0.3) is 0 Å². The predicted molar refractivity (Wildman–Crippen MR) is 58.4 cm³/mol. The molecule has 0 aliphatic carbocycles. The maximum atomic E-state index is 10.6. The van der Waals surface area contributed by atoms with Crippen LogP contribution in [-0.4, -0.2) is 13.5 Å². The summed E-state index contributed by atoms with van der Waals surface area (Å²) in [6.45, 7) is 0. The number of benzene rings is 2. The first kappa shape index (κ1) is 8.75. The highest BCUT2D eigenvalue weighted by Gasteiger charge is 1.99. The molecule has 70 valence electrons. The molecule has 0 heterocycles. The number of rotatable bonds is 2. The highest BCUT2D eigenvalue weighted by atomic mass is 16.1. The summed E-state index contributed by atoms with van der Waals surface area (Å²) < 4.78 is 0. The molecule has 0 saturated carbocycles. The van der Waals surface area contributed by atoms with E-state index >= 15 is 0 Å². The van der Waals surface area contributed by atoms with Crippen LogP contribution in [0.3, 0.4) is 0 Å². The average molecular weight is 185 g/mol. The molecule has 0 aliphatic rings. The van der Waals surface area contributed by atoms with Crippen LogP contribution in [0.2, 0.25) is 0 Å². The second-order valence-corrected chi connectivity index (χ2v) is 3.25. The third-order valence-corrected chi connectivity index (χ3v) is 2.30. The molecule has 2 nitrogen and oxygen atoms in total. The van der Waals surface area contributed by atoms with Crippen molar-refractivity contribution in [2.45, 2.75) is 0 Å². The quantitative estimate of drug-likeness (QED) is 0.658. The maximum absolute atomic E-state index is 10.6. The SMILES string of the molecule is CN(C=O)c1ccc2ccccc2c1. The smallest absolute Gasteiger partial charge is 0.213 e. The molecule has 0 unspecified atom stereocenters. The van der Waals surface area contributed by atoms with Gasteiger partial charge in [-0.25, -0.2) is 0 Å². The Bertz CT molecular complexity index is 465. The molecule has 0 aliphatic heterocycles. The van der Waals surface area contributed by atoms with Gasteiger partial charge in [-0.1, -0.05) is 30.3 Å². The molecule has 2 rings (SSSR count). The maximum Gasteiger partial charge on any atom is 0.213 e. The number of anilines is 1. The fraction of sp³-hybridized carbons (Fsp3) is 0.0833. The van der Waals surface area contributed by atoms with Gasteiger partial charge < -0.3 is 4.90 Å². The highest BCUT2D eigenvalue weighted by molar-refractivity contribution is 5.88. The summed E-state index contributed by atoms with van der Waals surface area (Å²) in [5, 5.41) is 2.34. The largest absolute Gasteiger partial charge is 0.318 e. The minimum Gasteiger partial charge on any atom is -0.318 e. The average Bonchev–Trinajstić information content (AvgIpc) is 2.27. The van der Waals surface area contributed by atoms with Crippen LogP contribution >= 0.6 is 0 Å². The summed E-state index contributed by atoms with van der Waals surface area (Å²) in [6.07, 6.45) is 0.810. The van der Waals surface area contributed by atoms with E-state index in [9.17, 15) is 4.79 Å². The molecular weight excluding hydrogens is 174 g/mol. The van der Waals surface area contributed by atoms with Crippen molar-refractivity contribution in [3.63, 3.8) is 0 Å². The Labute approximate surface area is 82.8 Å². The van der Waals surface area contributed by atoms with E-state index in [1.807, 2.05) is 36.4 Å². The fourth-order valence-corrected chi connectivity index (χ4v) is 1.46. The lowest BCUT2D eigenvalue weighted by Gasteiger charge is -2.11. The zero-order valence-corrected chi connectivity index (χ0v) is 7.97. The van der Waals surface area contributed by atoms with Crippen molar-refractivity contribution in [1.82, 2.24) is 0 Å². The molecule has 0 radical (unpaired) electrons. The highest BCUT2D eigenvalue weighted by Crippen LogP contribution is 2.20. The molecule has 0 atom stereocenters. The van der Waals surface area contributed by atoms with Gasteiger partial charge in [0.2, 0.25) is 6.41 Å². The van der Waals surface area contributed by atoms with Gasteiger partial charge in [-0.15, -0.1) is 0 Å². The van der Waals surface area contributed by atoms with Crippen LogP contribution in [0, 0.1) is 0 Å². The minimum atomic E-state index is 0.810. The molecule has 0 saturated heterocycles. The van der Waals surface area contributed by atoms with E-state index in [0.717, 1.165) is 17.5 Å².